The Morgan fingerprint density at radius 1 is 1.38 bits per heavy atom. The van der Waals surface area contributed by atoms with Crippen LogP contribution >= 0.6 is 11.3 Å². The average Bonchev–Trinajstić information content (AvgIpc) is 3.09. The molecule has 0 unspecified atom stereocenters. The molecule has 0 bridgehead atoms. The molecule has 0 saturated heterocycles. The van der Waals surface area contributed by atoms with E-state index in [0.717, 1.165) is 18.4 Å². The lowest BCUT2D eigenvalue weighted by Gasteiger charge is -2.08. The number of carbonyl (C=O) groups is 1. The van der Waals surface area contributed by atoms with Gasteiger partial charge >= 0.3 is 5.97 Å². The van der Waals surface area contributed by atoms with Gasteiger partial charge in [0.1, 0.15) is 4.83 Å². The van der Waals surface area contributed by atoms with Crippen LogP contribution in [-0.2, 0) is 11.3 Å². The second kappa shape index (κ2) is 7.93. The molecule has 7 heteroatoms. The van der Waals surface area contributed by atoms with Crippen molar-refractivity contribution in [3.63, 3.8) is 0 Å². The van der Waals surface area contributed by atoms with Gasteiger partial charge < -0.3 is 4.74 Å². The van der Waals surface area contributed by atoms with Crippen LogP contribution in [0.1, 0.15) is 41.3 Å². The van der Waals surface area contributed by atoms with Gasteiger partial charge in [-0.3, -0.25) is 9.36 Å². The van der Waals surface area contributed by atoms with Crippen LogP contribution < -0.4 is 5.56 Å². The molecule has 0 spiro atoms. The first kappa shape index (κ1) is 17.8. The topological polar surface area (TPSA) is 85.0 Å². The van der Waals surface area contributed by atoms with E-state index in [0.29, 0.717) is 17.0 Å². The van der Waals surface area contributed by atoms with Gasteiger partial charge in [0.05, 0.1) is 42.1 Å². The summed E-state index contributed by atoms with van der Waals surface area (Å²) in [4.78, 5) is 30.0. The number of aromatic nitrogens is 2. The normalized spacial score (nSPS) is 10.6. The maximum atomic E-state index is 12.9. The Morgan fingerprint density at radius 3 is 2.96 bits per heavy atom. The van der Waals surface area contributed by atoms with E-state index >= 15 is 0 Å². The first-order chi connectivity index (χ1) is 12.7. The predicted octanol–water partition coefficient (Wildman–Crippen LogP) is 3.33. The number of hydrogen-bond donors (Lipinski definition) is 0. The van der Waals surface area contributed by atoms with Gasteiger partial charge in [-0.2, -0.15) is 5.26 Å². The minimum absolute atomic E-state index is 0.214. The molecule has 2 aromatic heterocycles. The minimum Gasteiger partial charge on any atom is -0.462 e. The summed E-state index contributed by atoms with van der Waals surface area (Å²) in [5.74, 6) is -0.501. The summed E-state index contributed by atoms with van der Waals surface area (Å²) < 4.78 is 6.64. The zero-order valence-corrected chi connectivity index (χ0v) is 15.1. The van der Waals surface area contributed by atoms with Crippen LogP contribution in [0.15, 0.2) is 40.8 Å². The smallest absolute Gasteiger partial charge is 0.339 e. The highest BCUT2D eigenvalue weighted by atomic mass is 32.1. The molecule has 0 radical (unpaired) electrons. The maximum Gasteiger partial charge on any atom is 0.339 e. The zero-order chi connectivity index (χ0) is 18.5. The molecule has 0 aliphatic rings. The summed E-state index contributed by atoms with van der Waals surface area (Å²) in [5.41, 5.74) is 1.16. The van der Waals surface area contributed by atoms with E-state index in [9.17, 15) is 14.9 Å². The van der Waals surface area contributed by atoms with Crippen molar-refractivity contribution in [2.75, 3.05) is 6.61 Å². The number of unbranched alkanes of at least 4 members (excludes halogenated alkanes) is 1. The highest BCUT2D eigenvalue weighted by Gasteiger charge is 2.19. The number of hydrogen-bond acceptors (Lipinski definition) is 6. The Hall–Kier alpha value is -2.98. The Bertz CT molecular complexity index is 1050. The number of rotatable bonds is 6. The average molecular weight is 367 g/mol. The van der Waals surface area contributed by atoms with Gasteiger partial charge in [-0.25, -0.2) is 9.78 Å². The second-order valence-corrected chi connectivity index (χ2v) is 6.62. The molecule has 26 heavy (non-hydrogen) atoms. The number of nitrogens with zero attached hydrogens (tertiary/aromatic N) is 3. The zero-order valence-electron chi connectivity index (χ0n) is 14.3. The van der Waals surface area contributed by atoms with Gasteiger partial charge in [0.25, 0.3) is 5.56 Å². The van der Waals surface area contributed by atoms with Crippen LogP contribution in [0.2, 0.25) is 0 Å². The number of thiophene rings is 1. The molecule has 1 aromatic carbocycles. The summed E-state index contributed by atoms with van der Waals surface area (Å²) in [5, 5.41) is 11.1. The number of ether oxygens (including phenoxy) is 1. The van der Waals surface area contributed by atoms with Gasteiger partial charge in [-0.05, 0) is 18.1 Å². The van der Waals surface area contributed by atoms with E-state index in [1.807, 2.05) is 13.0 Å². The number of carbonyl (C=O) groups excluding carboxylic acids is 1. The minimum atomic E-state index is -0.501. The molecule has 6 nitrogen and oxygen atoms in total. The summed E-state index contributed by atoms with van der Waals surface area (Å²) in [6.07, 6.45) is 3.15. The van der Waals surface area contributed by atoms with Crippen LogP contribution in [0.5, 0.6) is 0 Å². The molecule has 0 fully saturated rings. The molecule has 0 aliphatic carbocycles. The van der Waals surface area contributed by atoms with Crippen molar-refractivity contribution < 1.29 is 9.53 Å². The van der Waals surface area contributed by atoms with Crippen LogP contribution in [0.3, 0.4) is 0 Å². The van der Waals surface area contributed by atoms with Gasteiger partial charge in [-0.1, -0.05) is 31.5 Å². The highest BCUT2D eigenvalue weighted by molar-refractivity contribution is 7.17. The van der Waals surface area contributed by atoms with Crippen molar-refractivity contribution in [1.29, 1.82) is 5.26 Å². The van der Waals surface area contributed by atoms with E-state index in [4.69, 9.17) is 4.74 Å². The number of esters is 1. The molecule has 0 saturated carbocycles. The van der Waals surface area contributed by atoms with E-state index < -0.39 is 5.97 Å². The molecule has 2 heterocycles. The van der Waals surface area contributed by atoms with Crippen molar-refractivity contribution in [2.24, 2.45) is 0 Å². The molecular formula is C19H17N3O3S. The Kier molecular flexibility index (Phi) is 5.44. The molecule has 0 atom stereocenters. The van der Waals surface area contributed by atoms with Crippen molar-refractivity contribution in [2.45, 2.75) is 26.3 Å². The van der Waals surface area contributed by atoms with Crippen molar-refractivity contribution >= 4 is 27.5 Å². The van der Waals surface area contributed by atoms with E-state index in [1.54, 1.807) is 23.6 Å². The molecule has 3 aromatic rings. The van der Waals surface area contributed by atoms with Gasteiger partial charge in [0, 0.05) is 5.38 Å². The van der Waals surface area contributed by atoms with Crippen LogP contribution in [0.25, 0.3) is 10.2 Å². The second-order valence-electron chi connectivity index (χ2n) is 5.77. The van der Waals surface area contributed by atoms with Crippen LogP contribution in [0.4, 0.5) is 0 Å². The lowest BCUT2D eigenvalue weighted by molar-refractivity contribution is 0.0502. The fourth-order valence-corrected chi connectivity index (χ4v) is 3.43. The van der Waals surface area contributed by atoms with Crippen molar-refractivity contribution in [3.05, 3.63) is 63.0 Å². The molecule has 3 rings (SSSR count). The van der Waals surface area contributed by atoms with Gasteiger partial charge in [-0.15, -0.1) is 11.3 Å². The molecular weight excluding hydrogens is 350 g/mol. The molecule has 132 valence electrons. The first-order valence-corrected chi connectivity index (χ1v) is 9.15. The first-order valence-electron chi connectivity index (χ1n) is 8.27. The third-order valence-corrected chi connectivity index (χ3v) is 4.88. The fraction of sp³-hybridized carbons (Fsp3) is 0.263. The third kappa shape index (κ3) is 3.51. The number of nitriles is 1. The van der Waals surface area contributed by atoms with Crippen molar-refractivity contribution in [1.82, 2.24) is 9.55 Å². The number of fused-ring (bicyclic) bond motifs is 1. The summed E-state index contributed by atoms with van der Waals surface area (Å²) in [7, 11) is 0. The van der Waals surface area contributed by atoms with Gasteiger partial charge in [0.15, 0.2) is 0 Å². The van der Waals surface area contributed by atoms with E-state index in [-0.39, 0.29) is 23.1 Å². The van der Waals surface area contributed by atoms with E-state index in [2.05, 4.69) is 11.1 Å². The Balaban J connectivity index is 1.98. The van der Waals surface area contributed by atoms with Gasteiger partial charge in [0.2, 0.25) is 0 Å². The van der Waals surface area contributed by atoms with E-state index in [1.165, 1.54) is 22.2 Å². The summed E-state index contributed by atoms with van der Waals surface area (Å²) >= 11 is 1.24. The predicted molar refractivity (Wildman–Crippen MR) is 99.3 cm³/mol. The summed E-state index contributed by atoms with van der Waals surface area (Å²) in [6, 6.07) is 9.20. The standard InChI is InChI=1S/C19H17N3O3S/c1-2-3-8-25-19(24)15-11-26-17-16(15)18(23)22(12-21-17)10-14-7-5-4-6-13(14)9-20/h4-7,11-12H,2-3,8,10H2,1H3. The van der Waals surface area contributed by atoms with Crippen LogP contribution in [0, 0.1) is 11.3 Å². The molecule has 0 amide bonds. The van der Waals surface area contributed by atoms with Crippen molar-refractivity contribution in [3.8, 4) is 6.07 Å². The molecule has 0 N–H and O–H groups in total. The SMILES string of the molecule is CCCCOC(=O)c1csc2ncn(Cc3ccccc3C#N)c(=O)c12. The highest BCUT2D eigenvalue weighted by Crippen LogP contribution is 2.22. The summed E-state index contributed by atoms with van der Waals surface area (Å²) in [6.45, 7) is 2.55. The maximum absolute atomic E-state index is 12.9. The quantitative estimate of drug-likeness (QED) is 0.493. The Labute approximate surface area is 154 Å². The van der Waals surface area contributed by atoms with Crippen LogP contribution in [-0.4, -0.2) is 22.1 Å². The lowest BCUT2D eigenvalue weighted by Crippen LogP contribution is -2.22. The monoisotopic (exact) mass is 367 g/mol. The largest absolute Gasteiger partial charge is 0.462 e. The third-order valence-electron chi connectivity index (χ3n) is 3.99. The fourth-order valence-electron chi connectivity index (χ4n) is 2.57. The number of benzene rings is 1. The molecule has 0 aliphatic heterocycles. The Morgan fingerprint density at radius 2 is 2.19 bits per heavy atom. The lowest BCUT2D eigenvalue weighted by atomic mass is 10.1.